The Morgan fingerprint density at radius 1 is 1.22 bits per heavy atom. The molecule has 0 aromatic heterocycles. The quantitative estimate of drug-likeness (QED) is 0.746. The van der Waals surface area contributed by atoms with Crippen molar-refractivity contribution in [1.29, 1.82) is 0 Å². The molecule has 1 aromatic rings. The van der Waals surface area contributed by atoms with Crippen LogP contribution in [0.15, 0.2) is 22.7 Å². The number of carbonyl (C=O) groups is 2. The van der Waals surface area contributed by atoms with Crippen LogP contribution in [0.25, 0.3) is 0 Å². The Morgan fingerprint density at radius 3 is 2.33 bits per heavy atom. The van der Waals surface area contributed by atoms with E-state index in [0.29, 0.717) is 0 Å². The summed E-state index contributed by atoms with van der Waals surface area (Å²) in [6, 6.07) is 2.96. The topological polar surface area (TPSA) is 37.4 Å². The van der Waals surface area contributed by atoms with E-state index in [1.807, 2.05) is 0 Å². The summed E-state index contributed by atoms with van der Waals surface area (Å²) in [5.74, 6) is -0.646. The molecule has 1 heterocycles. The number of rotatable bonds is 1. The van der Waals surface area contributed by atoms with E-state index in [1.165, 1.54) is 11.0 Å². The Hall–Kier alpha value is -1.37. The first-order valence-electron chi connectivity index (χ1n) is 4.98. The number of alkyl halides is 3. The average Bonchev–Trinajstić information content (AvgIpc) is 2.56. The molecule has 0 atom stereocenters. The van der Waals surface area contributed by atoms with Gasteiger partial charge in [0.15, 0.2) is 5.78 Å². The van der Waals surface area contributed by atoms with Gasteiger partial charge in [0.05, 0.1) is 24.2 Å². The molecule has 0 aliphatic carbocycles. The Kier molecular flexibility index (Phi) is 3.18. The van der Waals surface area contributed by atoms with Crippen molar-refractivity contribution in [2.45, 2.75) is 12.6 Å². The highest BCUT2D eigenvalue weighted by molar-refractivity contribution is 9.10. The second-order valence-electron chi connectivity index (χ2n) is 3.86. The van der Waals surface area contributed by atoms with Crippen molar-refractivity contribution < 1.29 is 22.8 Å². The van der Waals surface area contributed by atoms with Gasteiger partial charge >= 0.3 is 6.18 Å². The lowest BCUT2D eigenvalue weighted by Crippen LogP contribution is -2.25. The van der Waals surface area contributed by atoms with Gasteiger partial charge in [-0.25, -0.2) is 0 Å². The molecule has 18 heavy (non-hydrogen) atoms. The molecule has 0 bridgehead atoms. The van der Waals surface area contributed by atoms with Crippen LogP contribution in [0.3, 0.4) is 0 Å². The van der Waals surface area contributed by atoms with Gasteiger partial charge in [-0.2, -0.15) is 13.2 Å². The third-order valence-electron chi connectivity index (χ3n) is 2.55. The SMILES string of the molecule is O=C1CC(=O)N(c2ccc(C(F)(F)F)cc2Br)C1. The van der Waals surface area contributed by atoms with E-state index in [-0.39, 0.29) is 28.9 Å². The van der Waals surface area contributed by atoms with E-state index in [0.717, 1.165) is 12.1 Å². The molecule has 7 heteroatoms. The smallest absolute Gasteiger partial charge is 0.303 e. The van der Waals surface area contributed by atoms with Crippen LogP contribution >= 0.6 is 15.9 Å². The third kappa shape index (κ3) is 2.40. The summed E-state index contributed by atoms with van der Waals surface area (Å²) in [6.45, 7) is -0.0944. The molecule has 0 N–H and O–H groups in total. The number of carbonyl (C=O) groups excluding carboxylic acids is 2. The van der Waals surface area contributed by atoms with Crippen LogP contribution in [0.4, 0.5) is 18.9 Å². The summed E-state index contributed by atoms with van der Waals surface area (Å²) in [5, 5.41) is 0. The number of nitrogens with zero attached hydrogens (tertiary/aromatic N) is 1. The Balaban J connectivity index is 2.37. The first kappa shape index (κ1) is 13.1. The molecule has 1 aromatic carbocycles. The fraction of sp³-hybridized carbons (Fsp3) is 0.273. The lowest BCUT2D eigenvalue weighted by Gasteiger charge is -2.17. The van der Waals surface area contributed by atoms with Crippen molar-refractivity contribution in [2.24, 2.45) is 0 Å². The van der Waals surface area contributed by atoms with Crippen LogP contribution in [-0.2, 0) is 15.8 Å². The van der Waals surface area contributed by atoms with Gasteiger partial charge in [-0.05, 0) is 34.1 Å². The zero-order valence-corrected chi connectivity index (χ0v) is 10.5. The standard InChI is InChI=1S/C11H7BrF3NO2/c12-8-3-6(11(13,14)15)1-2-9(8)16-5-7(17)4-10(16)18/h1-3H,4-5H2. The second kappa shape index (κ2) is 4.38. The van der Waals surface area contributed by atoms with E-state index in [2.05, 4.69) is 15.9 Å². The molecule has 1 saturated heterocycles. The summed E-state index contributed by atoms with van der Waals surface area (Å²) in [6.07, 6.45) is -4.64. The van der Waals surface area contributed by atoms with E-state index in [1.54, 1.807) is 0 Å². The van der Waals surface area contributed by atoms with Crippen molar-refractivity contribution >= 4 is 33.3 Å². The van der Waals surface area contributed by atoms with Crippen LogP contribution in [-0.4, -0.2) is 18.2 Å². The molecule has 2 rings (SSSR count). The first-order valence-corrected chi connectivity index (χ1v) is 5.77. The number of benzene rings is 1. The minimum absolute atomic E-state index is 0.0944. The molecule has 1 aliphatic rings. The predicted molar refractivity (Wildman–Crippen MR) is 61.1 cm³/mol. The van der Waals surface area contributed by atoms with Crippen LogP contribution in [0.1, 0.15) is 12.0 Å². The number of hydrogen-bond acceptors (Lipinski definition) is 2. The molecule has 0 saturated carbocycles. The summed E-state index contributed by atoms with van der Waals surface area (Å²) in [4.78, 5) is 23.8. The van der Waals surface area contributed by atoms with Crippen LogP contribution in [0.2, 0.25) is 0 Å². The van der Waals surface area contributed by atoms with Crippen molar-refractivity contribution in [3.05, 3.63) is 28.2 Å². The summed E-state index contributed by atoms with van der Waals surface area (Å²) >= 11 is 2.99. The maximum Gasteiger partial charge on any atom is 0.416 e. The lowest BCUT2D eigenvalue weighted by atomic mass is 10.2. The van der Waals surface area contributed by atoms with Gasteiger partial charge in [0, 0.05) is 4.47 Å². The van der Waals surface area contributed by atoms with E-state index < -0.39 is 17.6 Å². The Morgan fingerprint density at radius 2 is 1.89 bits per heavy atom. The molecule has 1 fully saturated rings. The predicted octanol–water partition coefficient (Wildman–Crippen LogP) is 2.77. The molecular formula is C11H7BrF3NO2. The van der Waals surface area contributed by atoms with E-state index in [4.69, 9.17) is 0 Å². The van der Waals surface area contributed by atoms with Gasteiger partial charge in [-0.3, -0.25) is 9.59 Å². The third-order valence-corrected chi connectivity index (χ3v) is 3.18. The number of amides is 1. The first-order chi connectivity index (χ1) is 8.29. The van der Waals surface area contributed by atoms with Gasteiger partial charge in [-0.1, -0.05) is 0 Å². The van der Waals surface area contributed by atoms with E-state index in [9.17, 15) is 22.8 Å². The van der Waals surface area contributed by atoms with Crippen molar-refractivity contribution in [2.75, 3.05) is 11.4 Å². The van der Waals surface area contributed by atoms with Crippen molar-refractivity contribution in [1.82, 2.24) is 0 Å². The van der Waals surface area contributed by atoms with Crippen LogP contribution < -0.4 is 4.90 Å². The molecule has 3 nitrogen and oxygen atoms in total. The van der Waals surface area contributed by atoms with Gasteiger partial charge in [0.2, 0.25) is 5.91 Å². The molecule has 0 unspecified atom stereocenters. The fourth-order valence-electron chi connectivity index (χ4n) is 1.71. The number of hydrogen-bond donors (Lipinski definition) is 0. The number of ketones is 1. The lowest BCUT2D eigenvalue weighted by molar-refractivity contribution is -0.137. The monoisotopic (exact) mass is 321 g/mol. The molecular weight excluding hydrogens is 315 g/mol. The van der Waals surface area contributed by atoms with Crippen molar-refractivity contribution in [3.63, 3.8) is 0 Å². The molecule has 1 amide bonds. The fourth-order valence-corrected chi connectivity index (χ4v) is 2.30. The number of Topliss-reactive ketones (excluding diaryl/α,β-unsaturated/α-hetero) is 1. The van der Waals surface area contributed by atoms with Gasteiger partial charge < -0.3 is 4.90 Å². The Bertz CT molecular complexity index is 528. The molecule has 0 spiro atoms. The maximum absolute atomic E-state index is 12.5. The molecule has 0 radical (unpaired) electrons. The van der Waals surface area contributed by atoms with Gasteiger partial charge in [-0.15, -0.1) is 0 Å². The van der Waals surface area contributed by atoms with Crippen LogP contribution in [0, 0.1) is 0 Å². The van der Waals surface area contributed by atoms with E-state index >= 15 is 0 Å². The second-order valence-corrected chi connectivity index (χ2v) is 4.71. The zero-order chi connectivity index (χ0) is 13.5. The highest BCUT2D eigenvalue weighted by atomic mass is 79.9. The maximum atomic E-state index is 12.5. The zero-order valence-electron chi connectivity index (χ0n) is 8.92. The van der Waals surface area contributed by atoms with Crippen molar-refractivity contribution in [3.8, 4) is 0 Å². The van der Waals surface area contributed by atoms with Gasteiger partial charge in [0.1, 0.15) is 0 Å². The minimum Gasteiger partial charge on any atom is -0.303 e. The molecule has 1 aliphatic heterocycles. The summed E-state index contributed by atoms with van der Waals surface area (Å²) in [7, 11) is 0. The highest BCUT2D eigenvalue weighted by Gasteiger charge is 2.33. The average molecular weight is 322 g/mol. The summed E-state index contributed by atoms with van der Waals surface area (Å²) in [5.41, 5.74) is -0.532. The van der Waals surface area contributed by atoms with Crippen LogP contribution in [0.5, 0.6) is 0 Å². The number of anilines is 1. The summed E-state index contributed by atoms with van der Waals surface area (Å²) < 4.78 is 37.5. The molecule has 96 valence electrons. The minimum atomic E-state index is -4.44. The highest BCUT2D eigenvalue weighted by Crippen LogP contribution is 2.36. The normalized spacial score (nSPS) is 16.6. The Labute approximate surface area is 109 Å². The largest absolute Gasteiger partial charge is 0.416 e. The van der Waals surface area contributed by atoms with Gasteiger partial charge in [0.25, 0.3) is 0 Å². The number of halogens is 4.